The van der Waals surface area contributed by atoms with Gasteiger partial charge in [0.1, 0.15) is 6.61 Å². The van der Waals surface area contributed by atoms with Crippen molar-refractivity contribution in [3.63, 3.8) is 0 Å². The second kappa shape index (κ2) is 10.6. The molecule has 32 heavy (non-hydrogen) atoms. The van der Waals surface area contributed by atoms with Crippen LogP contribution in [0.3, 0.4) is 0 Å². The summed E-state index contributed by atoms with van der Waals surface area (Å²) in [6.45, 7) is 3.80. The summed E-state index contributed by atoms with van der Waals surface area (Å²) in [6, 6.07) is 8.13. The van der Waals surface area contributed by atoms with E-state index in [2.05, 4.69) is 0 Å². The quantitative estimate of drug-likeness (QED) is 0.515. The standard InChI is InChI=1S/C25H33NO5S/c1-17-10-11-23(32-17)25(27)26(19-7-4-5-8-19)15-18-13-21(28-2)24(22(14-18)29-3)31-16-20-9-6-12-30-20/h10-11,13-14,19-20H,4-9,12,15-16H2,1-3H3. The number of ether oxygens (including phenoxy) is 4. The SMILES string of the molecule is COc1cc(CN(C(=O)c2ccc(C)s2)C2CCCC2)cc(OC)c1OCC1CCCO1. The first-order valence-corrected chi connectivity index (χ1v) is 12.3. The molecule has 1 saturated carbocycles. The molecule has 1 saturated heterocycles. The van der Waals surface area contributed by atoms with E-state index in [1.165, 1.54) is 12.8 Å². The molecular formula is C25H33NO5S. The Morgan fingerprint density at radius 2 is 1.81 bits per heavy atom. The van der Waals surface area contributed by atoms with E-state index in [0.29, 0.717) is 30.4 Å². The Labute approximate surface area is 194 Å². The second-order valence-corrected chi connectivity index (χ2v) is 9.85. The largest absolute Gasteiger partial charge is 0.493 e. The summed E-state index contributed by atoms with van der Waals surface area (Å²) >= 11 is 1.56. The molecule has 0 N–H and O–H groups in total. The number of amides is 1. The molecule has 1 aromatic carbocycles. The Bertz CT molecular complexity index is 890. The summed E-state index contributed by atoms with van der Waals surface area (Å²) in [5, 5.41) is 0. The van der Waals surface area contributed by atoms with Gasteiger partial charge in [0.15, 0.2) is 11.5 Å². The first kappa shape index (κ1) is 22.9. The molecule has 1 amide bonds. The van der Waals surface area contributed by atoms with Crippen LogP contribution in [0, 0.1) is 6.92 Å². The van der Waals surface area contributed by atoms with Gasteiger partial charge in [-0.25, -0.2) is 0 Å². The molecule has 2 aromatic rings. The lowest BCUT2D eigenvalue weighted by Gasteiger charge is -2.29. The number of hydrogen-bond donors (Lipinski definition) is 0. The van der Waals surface area contributed by atoms with Gasteiger partial charge in [0.25, 0.3) is 5.91 Å². The van der Waals surface area contributed by atoms with Gasteiger partial charge in [-0.3, -0.25) is 4.79 Å². The molecule has 6 nitrogen and oxygen atoms in total. The molecule has 0 radical (unpaired) electrons. The predicted octanol–water partition coefficient (Wildman–Crippen LogP) is 5.22. The van der Waals surface area contributed by atoms with Crippen molar-refractivity contribution in [3.8, 4) is 17.2 Å². The van der Waals surface area contributed by atoms with Crippen molar-refractivity contribution in [3.05, 3.63) is 39.6 Å². The van der Waals surface area contributed by atoms with Crippen LogP contribution in [0.5, 0.6) is 17.2 Å². The minimum absolute atomic E-state index is 0.103. The zero-order valence-electron chi connectivity index (χ0n) is 19.2. The number of hydrogen-bond acceptors (Lipinski definition) is 6. The van der Waals surface area contributed by atoms with Crippen LogP contribution in [0.2, 0.25) is 0 Å². The number of methoxy groups -OCH3 is 2. The molecule has 4 rings (SSSR count). The molecule has 1 aromatic heterocycles. The number of aryl methyl sites for hydroxylation is 1. The lowest BCUT2D eigenvalue weighted by atomic mass is 10.1. The zero-order chi connectivity index (χ0) is 22.5. The number of rotatable bonds is 9. The maximum atomic E-state index is 13.4. The topological polar surface area (TPSA) is 57.2 Å². The van der Waals surface area contributed by atoms with Gasteiger partial charge in [0, 0.05) is 24.1 Å². The third-order valence-electron chi connectivity index (χ3n) is 6.29. The van der Waals surface area contributed by atoms with Crippen molar-refractivity contribution in [2.24, 2.45) is 0 Å². The molecule has 2 aliphatic rings. The molecule has 2 fully saturated rings. The monoisotopic (exact) mass is 459 g/mol. The molecular weight excluding hydrogens is 426 g/mol. The highest BCUT2D eigenvalue weighted by molar-refractivity contribution is 7.13. The number of benzene rings is 1. The fourth-order valence-electron chi connectivity index (χ4n) is 4.59. The fraction of sp³-hybridized carbons (Fsp3) is 0.560. The third kappa shape index (κ3) is 5.21. The third-order valence-corrected chi connectivity index (χ3v) is 7.28. The van der Waals surface area contributed by atoms with Gasteiger partial charge in [-0.1, -0.05) is 12.8 Å². The van der Waals surface area contributed by atoms with Crippen LogP contribution >= 0.6 is 11.3 Å². The maximum absolute atomic E-state index is 13.4. The molecule has 1 aliphatic carbocycles. The van der Waals surface area contributed by atoms with Crippen molar-refractivity contribution in [2.45, 2.75) is 64.1 Å². The molecule has 174 valence electrons. The molecule has 1 unspecified atom stereocenters. The zero-order valence-corrected chi connectivity index (χ0v) is 20.0. The highest BCUT2D eigenvalue weighted by atomic mass is 32.1. The van der Waals surface area contributed by atoms with Crippen molar-refractivity contribution < 1.29 is 23.7 Å². The lowest BCUT2D eigenvalue weighted by Crippen LogP contribution is -2.38. The normalized spacial score (nSPS) is 18.7. The van der Waals surface area contributed by atoms with Crippen LogP contribution in [0.25, 0.3) is 0 Å². The van der Waals surface area contributed by atoms with Crippen LogP contribution in [-0.4, -0.2) is 50.4 Å². The van der Waals surface area contributed by atoms with E-state index in [1.54, 1.807) is 25.6 Å². The Morgan fingerprint density at radius 1 is 1.09 bits per heavy atom. The summed E-state index contributed by atoms with van der Waals surface area (Å²) < 4.78 is 23.0. The minimum atomic E-state index is 0.103. The van der Waals surface area contributed by atoms with E-state index in [0.717, 1.165) is 47.6 Å². The van der Waals surface area contributed by atoms with Crippen LogP contribution in [-0.2, 0) is 11.3 Å². The highest BCUT2D eigenvalue weighted by Gasteiger charge is 2.29. The van der Waals surface area contributed by atoms with Crippen LogP contribution in [0.4, 0.5) is 0 Å². The van der Waals surface area contributed by atoms with E-state index >= 15 is 0 Å². The van der Waals surface area contributed by atoms with Gasteiger partial charge < -0.3 is 23.8 Å². The van der Waals surface area contributed by atoms with Crippen molar-refractivity contribution in [1.82, 2.24) is 4.90 Å². The Morgan fingerprint density at radius 3 is 2.38 bits per heavy atom. The van der Waals surface area contributed by atoms with Crippen molar-refractivity contribution >= 4 is 17.2 Å². The highest BCUT2D eigenvalue weighted by Crippen LogP contribution is 2.40. The summed E-state index contributed by atoms with van der Waals surface area (Å²) in [7, 11) is 3.26. The smallest absolute Gasteiger partial charge is 0.264 e. The van der Waals surface area contributed by atoms with Crippen LogP contribution in [0.15, 0.2) is 24.3 Å². The van der Waals surface area contributed by atoms with E-state index in [4.69, 9.17) is 18.9 Å². The maximum Gasteiger partial charge on any atom is 0.264 e. The first-order valence-electron chi connectivity index (χ1n) is 11.5. The van der Waals surface area contributed by atoms with Gasteiger partial charge in [-0.15, -0.1) is 11.3 Å². The molecule has 0 spiro atoms. The minimum Gasteiger partial charge on any atom is -0.493 e. The average molecular weight is 460 g/mol. The van der Waals surface area contributed by atoms with Crippen molar-refractivity contribution in [2.75, 3.05) is 27.4 Å². The molecule has 0 bridgehead atoms. The Balaban J connectivity index is 1.57. The van der Waals surface area contributed by atoms with Gasteiger partial charge >= 0.3 is 0 Å². The van der Waals surface area contributed by atoms with Gasteiger partial charge in [0.2, 0.25) is 5.75 Å². The van der Waals surface area contributed by atoms with Crippen molar-refractivity contribution in [1.29, 1.82) is 0 Å². The van der Waals surface area contributed by atoms with E-state index in [-0.39, 0.29) is 18.1 Å². The summed E-state index contributed by atoms with van der Waals surface area (Å²) in [5.41, 5.74) is 0.969. The summed E-state index contributed by atoms with van der Waals surface area (Å²) in [5.74, 6) is 1.92. The molecule has 1 atom stereocenters. The first-order chi connectivity index (χ1) is 15.6. The molecule has 7 heteroatoms. The fourth-order valence-corrected chi connectivity index (χ4v) is 5.41. The van der Waals surface area contributed by atoms with Crippen LogP contribution in [0.1, 0.15) is 58.6 Å². The number of carbonyl (C=O) groups is 1. The predicted molar refractivity (Wildman–Crippen MR) is 125 cm³/mol. The summed E-state index contributed by atoms with van der Waals surface area (Å²) in [6.07, 6.45) is 6.61. The summed E-state index contributed by atoms with van der Waals surface area (Å²) in [4.78, 5) is 17.4. The Kier molecular flexibility index (Phi) is 7.58. The van der Waals surface area contributed by atoms with Crippen LogP contribution < -0.4 is 14.2 Å². The Hall–Kier alpha value is -2.25. The van der Waals surface area contributed by atoms with Gasteiger partial charge in [-0.05, 0) is 62.4 Å². The lowest BCUT2D eigenvalue weighted by molar-refractivity contribution is 0.0653. The van der Waals surface area contributed by atoms with E-state index in [1.807, 2.05) is 36.1 Å². The number of carbonyl (C=O) groups excluding carboxylic acids is 1. The molecule has 2 heterocycles. The second-order valence-electron chi connectivity index (χ2n) is 8.56. The molecule has 1 aliphatic heterocycles. The number of thiophene rings is 1. The van der Waals surface area contributed by atoms with Gasteiger partial charge in [-0.2, -0.15) is 0 Å². The number of nitrogens with zero attached hydrogens (tertiary/aromatic N) is 1. The van der Waals surface area contributed by atoms with E-state index in [9.17, 15) is 4.79 Å². The van der Waals surface area contributed by atoms with Gasteiger partial charge in [0.05, 0.1) is 25.2 Å². The van der Waals surface area contributed by atoms with E-state index < -0.39 is 0 Å². The average Bonchev–Trinajstić information content (AvgIpc) is 3.58.